The van der Waals surface area contributed by atoms with Crippen LogP contribution < -0.4 is 11.1 Å². The first kappa shape index (κ1) is 12.3. The minimum absolute atomic E-state index is 0.184. The van der Waals surface area contributed by atoms with Crippen LogP contribution in [0, 0.1) is 0 Å². The molecule has 4 heteroatoms. The van der Waals surface area contributed by atoms with E-state index in [-0.39, 0.29) is 18.2 Å². The molecule has 0 aromatic rings. The Hall–Kier alpha value is -0.770. The van der Waals surface area contributed by atoms with Crippen LogP contribution >= 0.6 is 0 Å². The predicted molar refractivity (Wildman–Crippen MR) is 59.6 cm³/mol. The van der Waals surface area contributed by atoms with Gasteiger partial charge in [-0.05, 0) is 46.5 Å². The summed E-state index contributed by atoms with van der Waals surface area (Å²) in [6.45, 7) is 5.58. The number of hydrogen-bond donors (Lipinski definition) is 2. The van der Waals surface area contributed by atoms with Crippen LogP contribution in [-0.4, -0.2) is 23.8 Å². The molecule has 0 saturated heterocycles. The van der Waals surface area contributed by atoms with Crippen LogP contribution in [0.25, 0.3) is 0 Å². The van der Waals surface area contributed by atoms with Crippen LogP contribution in [0.4, 0.5) is 4.79 Å². The fourth-order valence-electron chi connectivity index (χ4n) is 1.83. The molecule has 0 aromatic heterocycles. The lowest BCUT2D eigenvalue weighted by atomic mass is 9.92. The highest BCUT2D eigenvalue weighted by atomic mass is 16.6. The molecule has 1 aliphatic rings. The fourth-order valence-corrected chi connectivity index (χ4v) is 1.83. The highest BCUT2D eigenvalue weighted by molar-refractivity contribution is 5.68. The van der Waals surface area contributed by atoms with Gasteiger partial charge in [-0.3, -0.25) is 0 Å². The summed E-state index contributed by atoms with van der Waals surface area (Å²) in [5, 5.41) is 2.86. The Bertz CT molecular complexity index is 223. The van der Waals surface area contributed by atoms with Gasteiger partial charge in [0.15, 0.2) is 0 Å². The quantitative estimate of drug-likeness (QED) is 0.699. The third kappa shape index (κ3) is 5.02. The van der Waals surface area contributed by atoms with E-state index in [9.17, 15) is 4.79 Å². The largest absolute Gasteiger partial charge is 0.444 e. The van der Waals surface area contributed by atoms with Crippen LogP contribution in [0.1, 0.15) is 46.5 Å². The number of hydrogen-bond acceptors (Lipinski definition) is 3. The Labute approximate surface area is 91.5 Å². The van der Waals surface area contributed by atoms with Gasteiger partial charge in [-0.15, -0.1) is 0 Å². The molecule has 0 bridgehead atoms. The first-order valence-corrected chi connectivity index (χ1v) is 5.62. The van der Waals surface area contributed by atoms with Gasteiger partial charge in [0, 0.05) is 12.1 Å². The molecule has 1 saturated carbocycles. The third-order valence-corrected chi connectivity index (χ3v) is 2.44. The number of nitrogens with two attached hydrogens (primary N) is 1. The second-order valence-electron chi connectivity index (χ2n) is 5.27. The Morgan fingerprint density at radius 1 is 1.40 bits per heavy atom. The number of carbonyl (C=O) groups is 1. The first-order chi connectivity index (χ1) is 6.87. The van der Waals surface area contributed by atoms with Gasteiger partial charge in [0.05, 0.1) is 0 Å². The van der Waals surface area contributed by atoms with E-state index in [2.05, 4.69) is 5.32 Å². The SMILES string of the molecule is CC(C)(C)OC(=O)N[C@@H]1CCC[C@@H](N)C1. The minimum atomic E-state index is -0.430. The monoisotopic (exact) mass is 214 g/mol. The summed E-state index contributed by atoms with van der Waals surface area (Å²) < 4.78 is 5.18. The van der Waals surface area contributed by atoms with E-state index in [0.29, 0.717) is 0 Å². The standard InChI is InChI=1S/C11H22N2O2/c1-11(2,3)15-10(14)13-9-6-4-5-8(12)7-9/h8-9H,4-7,12H2,1-3H3,(H,13,14)/t8-,9-/m1/s1. The molecule has 88 valence electrons. The van der Waals surface area contributed by atoms with Crippen LogP contribution in [0.2, 0.25) is 0 Å². The number of amides is 1. The fraction of sp³-hybridized carbons (Fsp3) is 0.909. The Morgan fingerprint density at radius 3 is 2.60 bits per heavy atom. The molecule has 0 heterocycles. The molecule has 1 fully saturated rings. The molecule has 1 amide bonds. The maximum absolute atomic E-state index is 11.5. The van der Waals surface area contributed by atoms with Crippen molar-refractivity contribution in [2.24, 2.45) is 5.73 Å². The summed E-state index contributed by atoms with van der Waals surface area (Å²) >= 11 is 0. The van der Waals surface area contributed by atoms with Crippen molar-refractivity contribution in [1.82, 2.24) is 5.32 Å². The van der Waals surface area contributed by atoms with Crippen LogP contribution in [0.5, 0.6) is 0 Å². The lowest BCUT2D eigenvalue weighted by Crippen LogP contribution is -2.44. The van der Waals surface area contributed by atoms with E-state index < -0.39 is 5.60 Å². The van der Waals surface area contributed by atoms with Gasteiger partial charge in [-0.2, -0.15) is 0 Å². The smallest absolute Gasteiger partial charge is 0.407 e. The summed E-state index contributed by atoms with van der Waals surface area (Å²) in [6.07, 6.45) is 3.68. The van der Waals surface area contributed by atoms with Crippen molar-refractivity contribution in [3.05, 3.63) is 0 Å². The van der Waals surface area contributed by atoms with Gasteiger partial charge in [0.25, 0.3) is 0 Å². The second-order valence-corrected chi connectivity index (χ2v) is 5.27. The van der Waals surface area contributed by atoms with Crippen molar-refractivity contribution >= 4 is 6.09 Å². The average Bonchev–Trinajstić information content (AvgIpc) is 1.99. The second kappa shape index (κ2) is 4.84. The van der Waals surface area contributed by atoms with Crippen LogP contribution in [-0.2, 0) is 4.74 Å². The number of ether oxygens (including phenoxy) is 1. The zero-order valence-electron chi connectivity index (χ0n) is 9.88. The van der Waals surface area contributed by atoms with Gasteiger partial charge in [0.2, 0.25) is 0 Å². The van der Waals surface area contributed by atoms with Crippen molar-refractivity contribution in [3.63, 3.8) is 0 Å². The number of carbonyl (C=O) groups excluding carboxylic acids is 1. The molecule has 3 N–H and O–H groups in total. The molecular weight excluding hydrogens is 192 g/mol. The van der Waals surface area contributed by atoms with Crippen molar-refractivity contribution in [2.75, 3.05) is 0 Å². The maximum atomic E-state index is 11.5. The lowest BCUT2D eigenvalue weighted by molar-refractivity contribution is 0.0491. The topological polar surface area (TPSA) is 64.3 Å². The van der Waals surface area contributed by atoms with Crippen LogP contribution in [0.15, 0.2) is 0 Å². The number of nitrogens with one attached hydrogen (secondary N) is 1. The summed E-state index contributed by atoms with van der Waals surface area (Å²) in [5.41, 5.74) is 5.41. The molecule has 0 unspecified atom stereocenters. The molecule has 0 aliphatic heterocycles. The minimum Gasteiger partial charge on any atom is -0.444 e. The number of alkyl carbamates (subject to hydrolysis) is 1. The number of rotatable bonds is 1. The van der Waals surface area contributed by atoms with Crippen LogP contribution in [0.3, 0.4) is 0 Å². The first-order valence-electron chi connectivity index (χ1n) is 5.62. The van der Waals surface area contributed by atoms with E-state index in [1.165, 1.54) is 0 Å². The molecule has 0 aromatic carbocycles. The summed E-state index contributed by atoms with van der Waals surface area (Å²) in [4.78, 5) is 11.5. The van der Waals surface area contributed by atoms with Gasteiger partial charge in [0.1, 0.15) is 5.60 Å². The molecule has 0 spiro atoms. The van der Waals surface area contributed by atoms with E-state index in [1.54, 1.807) is 0 Å². The van der Waals surface area contributed by atoms with Crippen molar-refractivity contribution in [2.45, 2.75) is 64.1 Å². The molecule has 15 heavy (non-hydrogen) atoms. The van der Waals surface area contributed by atoms with E-state index in [4.69, 9.17) is 10.5 Å². The van der Waals surface area contributed by atoms with Gasteiger partial charge < -0.3 is 15.8 Å². The molecule has 2 atom stereocenters. The average molecular weight is 214 g/mol. The zero-order valence-corrected chi connectivity index (χ0v) is 9.88. The Morgan fingerprint density at radius 2 is 2.07 bits per heavy atom. The molecule has 4 nitrogen and oxygen atoms in total. The molecular formula is C11H22N2O2. The highest BCUT2D eigenvalue weighted by Gasteiger charge is 2.23. The maximum Gasteiger partial charge on any atom is 0.407 e. The van der Waals surface area contributed by atoms with Gasteiger partial charge in [-0.1, -0.05) is 0 Å². The lowest BCUT2D eigenvalue weighted by Gasteiger charge is -2.28. The van der Waals surface area contributed by atoms with Crippen molar-refractivity contribution in [3.8, 4) is 0 Å². The third-order valence-electron chi connectivity index (χ3n) is 2.44. The predicted octanol–water partition coefficient (Wildman–Crippen LogP) is 1.78. The summed E-state index contributed by atoms with van der Waals surface area (Å²) in [7, 11) is 0. The van der Waals surface area contributed by atoms with Gasteiger partial charge in [-0.25, -0.2) is 4.79 Å². The molecule has 1 rings (SSSR count). The Balaban J connectivity index is 2.31. The Kier molecular flexibility index (Phi) is 3.97. The van der Waals surface area contributed by atoms with Gasteiger partial charge >= 0.3 is 6.09 Å². The molecule has 0 radical (unpaired) electrons. The zero-order chi connectivity index (χ0) is 11.5. The summed E-state index contributed by atoms with van der Waals surface area (Å²) in [6, 6.07) is 0.405. The molecule has 1 aliphatic carbocycles. The summed E-state index contributed by atoms with van der Waals surface area (Å²) in [5.74, 6) is 0. The van der Waals surface area contributed by atoms with E-state index in [1.807, 2.05) is 20.8 Å². The highest BCUT2D eigenvalue weighted by Crippen LogP contribution is 2.17. The van der Waals surface area contributed by atoms with Crippen molar-refractivity contribution < 1.29 is 9.53 Å². The van der Waals surface area contributed by atoms with E-state index >= 15 is 0 Å². The normalized spacial score (nSPS) is 27.2. The van der Waals surface area contributed by atoms with Crippen molar-refractivity contribution in [1.29, 1.82) is 0 Å². The van der Waals surface area contributed by atoms with E-state index in [0.717, 1.165) is 25.7 Å².